The normalized spacial score (nSPS) is 11.1. The molecule has 0 saturated carbocycles. The third-order valence-corrected chi connectivity index (χ3v) is 3.70. The molecule has 0 aliphatic carbocycles. The molecule has 122 valence electrons. The zero-order valence-corrected chi connectivity index (χ0v) is 14.3. The van der Waals surface area contributed by atoms with Gasteiger partial charge in [-0.25, -0.2) is 0 Å². The smallest absolute Gasteiger partial charge is 0.262 e. The molecule has 3 nitrogen and oxygen atoms in total. The lowest BCUT2D eigenvalue weighted by molar-refractivity contribution is -0.118. The fourth-order valence-electron chi connectivity index (χ4n) is 2.38. The molecule has 0 unspecified atom stereocenters. The van der Waals surface area contributed by atoms with Crippen LogP contribution in [-0.2, 0) is 16.6 Å². The number of hydrogen-bond acceptors (Lipinski definition) is 2. The summed E-state index contributed by atoms with van der Waals surface area (Å²) >= 11 is 0. The summed E-state index contributed by atoms with van der Waals surface area (Å²) in [7, 11) is 0. The fraction of sp³-hybridized carbons (Fsp3) is 0.350. The predicted molar refractivity (Wildman–Crippen MR) is 95.1 cm³/mol. The minimum Gasteiger partial charge on any atom is -0.483 e. The number of carbonyl (C=O) groups excluding carboxylic acids is 1. The molecule has 0 radical (unpaired) electrons. The van der Waals surface area contributed by atoms with E-state index in [1.807, 2.05) is 48.5 Å². The van der Waals surface area contributed by atoms with Crippen LogP contribution < -0.4 is 10.1 Å². The van der Waals surface area contributed by atoms with Gasteiger partial charge in [0.1, 0.15) is 5.75 Å². The molecule has 0 aromatic heterocycles. The van der Waals surface area contributed by atoms with E-state index in [1.165, 1.54) is 5.56 Å². The van der Waals surface area contributed by atoms with Crippen molar-refractivity contribution in [2.24, 2.45) is 0 Å². The molecule has 0 bridgehead atoms. The Hall–Kier alpha value is -2.29. The Balaban J connectivity index is 1.97. The Morgan fingerprint density at radius 2 is 1.70 bits per heavy atom. The Kier molecular flexibility index (Phi) is 5.43. The van der Waals surface area contributed by atoms with E-state index >= 15 is 0 Å². The molecule has 0 saturated heterocycles. The van der Waals surface area contributed by atoms with Gasteiger partial charge in [0.2, 0.25) is 0 Å². The Morgan fingerprint density at radius 1 is 1.04 bits per heavy atom. The quantitative estimate of drug-likeness (QED) is 0.879. The highest BCUT2D eigenvalue weighted by atomic mass is 16.5. The number of aryl methyl sites for hydroxylation is 1. The van der Waals surface area contributed by atoms with Crippen LogP contribution in [0.25, 0.3) is 0 Å². The molecule has 2 aromatic rings. The lowest BCUT2D eigenvalue weighted by Crippen LogP contribution is -2.21. The van der Waals surface area contributed by atoms with E-state index in [4.69, 9.17) is 4.74 Å². The van der Waals surface area contributed by atoms with Gasteiger partial charge in [-0.05, 0) is 41.2 Å². The highest BCUT2D eigenvalue weighted by molar-refractivity contribution is 5.91. The van der Waals surface area contributed by atoms with Crippen LogP contribution in [0.15, 0.2) is 48.5 Å². The molecular formula is C20H25NO2. The second-order valence-electron chi connectivity index (χ2n) is 6.63. The first-order valence-corrected chi connectivity index (χ1v) is 8.01. The zero-order chi connectivity index (χ0) is 16.9. The van der Waals surface area contributed by atoms with Crippen molar-refractivity contribution in [2.45, 2.75) is 39.5 Å². The van der Waals surface area contributed by atoms with Gasteiger partial charge >= 0.3 is 0 Å². The number of benzene rings is 2. The van der Waals surface area contributed by atoms with Gasteiger partial charge in [-0.1, -0.05) is 58.0 Å². The molecule has 1 N–H and O–H groups in total. The SMILES string of the molecule is CCc1ccc(NC(=O)COc2ccccc2C(C)(C)C)cc1. The van der Waals surface area contributed by atoms with E-state index in [-0.39, 0.29) is 17.9 Å². The van der Waals surface area contributed by atoms with E-state index in [0.717, 1.165) is 23.4 Å². The summed E-state index contributed by atoms with van der Waals surface area (Å²) in [5.41, 5.74) is 3.11. The summed E-state index contributed by atoms with van der Waals surface area (Å²) in [5, 5.41) is 2.86. The minimum absolute atomic E-state index is 0.00260. The number of carbonyl (C=O) groups is 1. The molecule has 23 heavy (non-hydrogen) atoms. The lowest BCUT2D eigenvalue weighted by atomic mass is 9.86. The Labute approximate surface area is 138 Å². The summed E-state index contributed by atoms with van der Waals surface area (Å²) in [4.78, 5) is 12.1. The van der Waals surface area contributed by atoms with Gasteiger partial charge in [0.05, 0.1) is 0 Å². The van der Waals surface area contributed by atoms with Crippen molar-refractivity contribution >= 4 is 11.6 Å². The maximum atomic E-state index is 12.1. The number of ether oxygens (including phenoxy) is 1. The second-order valence-corrected chi connectivity index (χ2v) is 6.63. The first-order valence-electron chi connectivity index (χ1n) is 8.01. The molecule has 0 atom stereocenters. The molecule has 0 fully saturated rings. The Bertz CT molecular complexity index is 654. The number of nitrogens with one attached hydrogen (secondary N) is 1. The van der Waals surface area contributed by atoms with Gasteiger partial charge in [-0.2, -0.15) is 0 Å². The number of hydrogen-bond donors (Lipinski definition) is 1. The van der Waals surface area contributed by atoms with Gasteiger partial charge in [0.25, 0.3) is 5.91 Å². The highest BCUT2D eigenvalue weighted by Gasteiger charge is 2.18. The monoisotopic (exact) mass is 311 g/mol. The first-order chi connectivity index (χ1) is 10.9. The number of rotatable bonds is 5. The van der Waals surface area contributed by atoms with Crippen LogP contribution in [0.3, 0.4) is 0 Å². The topological polar surface area (TPSA) is 38.3 Å². The van der Waals surface area contributed by atoms with Crippen LogP contribution in [0.5, 0.6) is 5.75 Å². The molecule has 0 spiro atoms. The van der Waals surface area contributed by atoms with Gasteiger partial charge in [-0.3, -0.25) is 4.79 Å². The van der Waals surface area contributed by atoms with Crippen LogP contribution in [0.4, 0.5) is 5.69 Å². The standard InChI is InChI=1S/C20H25NO2/c1-5-15-10-12-16(13-11-15)21-19(22)14-23-18-9-7-6-8-17(18)20(2,3)4/h6-13H,5,14H2,1-4H3,(H,21,22). The van der Waals surface area contributed by atoms with Gasteiger partial charge in [-0.15, -0.1) is 0 Å². The summed E-state index contributed by atoms with van der Waals surface area (Å²) in [6, 6.07) is 15.7. The molecule has 3 heteroatoms. The first kappa shape index (κ1) is 17.1. The summed E-state index contributed by atoms with van der Waals surface area (Å²) in [6.45, 7) is 8.50. The molecule has 0 aliphatic rings. The summed E-state index contributed by atoms with van der Waals surface area (Å²) in [6.07, 6.45) is 0.987. The van der Waals surface area contributed by atoms with E-state index < -0.39 is 0 Å². The zero-order valence-electron chi connectivity index (χ0n) is 14.3. The van der Waals surface area contributed by atoms with Gasteiger partial charge < -0.3 is 10.1 Å². The average Bonchev–Trinajstić information content (AvgIpc) is 2.53. The molecular weight excluding hydrogens is 286 g/mol. The summed E-state index contributed by atoms with van der Waals surface area (Å²) < 4.78 is 5.73. The van der Waals surface area contributed by atoms with Crippen LogP contribution in [0, 0.1) is 0 Å². The van der Waals surface area contributed by atoms with Crippen LogP contribution >= 0.6 is 0 Å². The van der Waals surface area contributed by atoms with Crippen LogP contribution in [0.1, 0.15) is 38.8 Å². The van der Waals surface area contributed by atoms with Crippen molar-refractivity contribution in [2.75, 3.05) is 11.9 Å². The largest absolute Gasteiger partial charge is 0.483 e. The van der Waals surface area contributed by atoms with Crippen molar-refractivity contribution in [1.82, 2.24) is 0 Å². The maximum Gasteiger partial charge on any atom is 0.262 e. The second kappa shape index (κ2) is 7.32. The van der Waals surface area contributed by atoms with E-state index in [9.17, 15) is 4.79 Å². The van der Waals surface area contributed by atoms with E-state index in [0.29, 0.717) is 0 Å². The van der Waals surface area contributed by atoms with Gasteiger partial charge in [0.15, 0.2) is 6.61 Å². The maximum absolute atomic E-state index is 12.1. The van der Waals surface area contributed by atoms with Crippen LogP contribution in [0.2, 0.25) is 0 Å². The van der Waals surface area contributed by atoms with Crippen molar-refractivity contribution < 1.29 is 9.53 Å². The van der Waals surface area contributed by atoms with Crippen molar-refractivity contribution in [3.63, 3.8) is 0 Å². The third-order valence-electron chi connectivity index (χ3n) is 3.70. The van der Waals surface area contributed by atoms with Gasteiger partial charge in [0, 0.05) is 5.69 Å². The molecule has 2 rings (SSSR count). The fourth-order valence-corrected chi connectivity index (χ4v) is 2.38. The lowest BCUT2D eigenvalue weighted by Gasteiger charge is -2.22. The van der Waals surface area contributed by atoms with E-state index in [1.54, 1.807) is 0 Å². The summed E-state index contributed by atoms with van der Waals surface area (Å²) in [5.74, 6) is 0.606. The van der Waals surface area contributed by atoms with Crippen LogP contribution in [-0.4, -0.2) is 12.5 Å². The molecule has 1 amide bonds. The Morgan fingerprint density at radius 3 is 2.30 bits per heavy atom. The van der Waals surface area contributed by atoms with E-state index in [2.05, 4.69) is 33.0 Å². The number of anilines is 1. The third kappa shape index (κ3) is 4.85. The van der Waals surface area contributed by atoms with Crippen molar-refractivity contribution in [3.8, 4) is 5.75 Å². The highest BCUT2D eigenvalue weighted by Crippen LogP contribution is 2.30. The van der Waals surface area contributed by atoms with Crippen molar-refractivity contribution in [1.29, 1.82) is 0 Å². The number of para-hydroxylation sites is 1. The minimum atomic E-state index is -0.155. The molecule has 0 aliphatic heterocycles. The van der Waals surface area contributed by atoms with Crippen molar-refractivity contribution in [3.05, 3.63) is 59.7 Å². The predicted octanol–water partition coefficient (Wildman–Crippen LogP) is 4.56. The molecule has 2 aromatic carbocycles. The molecule has 0 heterocycles. The average molecular weight is 311 g/mol. The number of amides is 1.